The molecular weight excluding hydrogens is 362 g/mol. The first-order chi connectivity index (χ1) is 13.2. The predicted molar refractivity (Wildman–Crippen MR) is 104 cm³/mol. The molecule has 0 bridgehead atoms. The number of amides is 1. The molecule has 3 aromatic rings. The van der Waals surface area contributed by atoms with Crippen LogP contribution in [0.3, 0.4) is 0 Å². The second-order valence-corrected chi connectivity index (χ2v) is 6.71. The number of nitrogens with one attached hydrogen (secondary N) is 1. The molecule has 2 aromatic carbocycles. The molecule has 1 heterocycles. The van der Waals surface area contributed by atoms with E-state index in [-0.39, 0.29) is 18.6 Å². The molecule has 0 spiro atoms. The highest BCUT2D eigenvalue weighted by molar-refractivity contribution is 7.10. The van der Waals surface area contributed by atoms with E-state index in [0.29, 0.717) is 11.3 Å². The number of ether oxygens (including phenoxy) is 2. The Morgan fingerprint density at radius 1 is 1.00 bits per heavy atom. The van der Waals surface area contributed by atoms with Crippen LogP contribution in [0.4, 0.5) is 0 Å². The van der Waals surface area contributed by atoms with Crippen LogP contribution >= 0.6 is 11.3 Å². The summed E-state index contributed by atoms with van der Waals surface area (Å²) in [5, 5.41) is 5.00. The normalized spacial score (nSPS) is 11.4. The molecule has 0 saturated heterocycles. The van der Waals surface area contributed by atoms with Gasteiger partial charge in [-0.25, -0.2) is 4.79 Å². The van der Waals surface area contributed by atoms with Crippen LogP contribution < -0.4 is 10.1 Å². The van der Waals surface area contributed by atoms with E-state index in [1.54, 1.807) is 35.6 Å². The molecule has 27 heavy (non-hydrogen) atoms. The third-order valence-corrected chi connectivity index (χ3v) is 4.85. The maximum atomic E-state index is 12.4. The average molecular weight is 381 g/mol. The van der Waals surface area contributed by atoms with Crippen molar-refractivity contribution in [2.45, 2.75) is 6.04 Å². The van der Waals surface area contributed by atoms with Gasteiger partial charge in [0, 0.05) is 4.88 Å². The summed E-state index contributed by atoms with van der Waals surface area (Å²) in [5.74, 6) is -0.138. The second-order valence-electron chi connectivity index (χ2n) is 5.73. The van der Waals surface area contributed by atoms with Gasteiger partial charge in [0.05, 0.1) is 18.7 Å². The number of rotatable bonds is 7. The first kappa shape index (κ1) is 18.7. The Hall–Kier alpha value is -3.12. The highest BCUT2D eigenvalue weighted by atomic mass is 32.1. The Morgan fingerprint density at radius 3 is 2.37 bits per heavy atom. The van der Waals surface area contributed by atoms with Crippen molar-refractivity contribution in [3.8, 4) is 5.75 Å². The van der Waals surface area contributed by atoms with Gasteiger partial charge < -0.3 is 14.8 Å². The summed E-state index contributed by atoms with van der Waals surface area (Å²) in [6.07, 6.45) is 0. The summed E-state index contributed by atoms with van der Waals surface area (Å²) in [6, 6.07) is 20.0. The molecule has 0 saturated carbocycles. The van der Waals surface area contributed by atoms with E-state index in [2.05, 4.69) is 10.1 Å². The van der Waals surface area contributed by atoms with Crippen molar-refractivity contribution in [3.05, 3.63) is 88.1 Å². The Labute approximate surface area is 161 Å². The van der Waals surface area contributed by atoms with Crippen LogP contribution in [-0.2, 0) is 9.53 Å². The van der Waals surface area contributed by atoms with Gasteiger partial charge in [-0.15, -0.1) is 11.3 Å². The molecule has 6 heteroatoms. The predicted octanol–water partition coefficient (Wildman–Crippen LogP) is 3.82. The molecule has 138 valence electrons. The minimum absolute atomic E-state index is 0.119. The maximum Gasteiger partial charge on any atom is 0.337 e. The fourth-order valence-electron chi connectivity index (χ4n) is 2.58. The zero-order valence-corrected chi connectivity index (χ0v) is 15.6. The summed E-state index contributed by atoms with van der Waals surface area (Å²) in [6.45, 7) is -0.119. The van der Waals surface area contributed by atoms with E-state index in [9.17, 15) is 9.59 Å². The highest BCUT2D eigenvalue weighted by Gasteiger charge is 2.18. The zero-order valence-electron chi connectivity index (χ0n) is 14.8. The van der Waals surface area contributed by atoms with Gasteiger partial charge in [-0.2, -0.15) is 0 Å². The number of methoxy groups -OCH3 is 1. The Kier molecular flexibility index (Phi) is 6.22. The number of esters is 1. The van der Waals surface area contributed by atoms with Crippen LogP contribution in [-0.4, -0.2) is 25.6 Å². The van der Waals surface area contributed by atoms with E-state index in [1.807, 2.05) is 47.8 Å². The topological polar surface area (TPSA) is 64.6 Å². The van der Waals surface area contributed by atoms with Crippen LogP contribution in [0, 0.1) is 0 Å². The van der Waals surface area contributed by atoms with E-state index >= 15 is 0 Å². The van der Waals surface area contributed by atoms with E-state index in [0.717, 1.165) is 10.4 Å². The van der Waals surface area contributed by atoms with Crippen molar-refractivity contribution in [2.24, 2.45) is 0 Å². The van der Waals surface area contributed by atoms with Gasteiger partial charge >= 0.3 is 5.97 Å². The minimum atomic E-state index is -0.416. The first-order valence-corrected chi connectivity index (χ1v) is 9.24. The Bertz CT molecular complexity index is 876. The molecule has 0 aliphatic carbocycles. The van der Waals surface area contributed by atoms with Gasteiger partial charge in [0.1, 0.15) is 5.75 Å². The summed E-state index contributed by atoms with van der Waals surface area (Å²) in [7, 11) is 1.33. The maximum absolute atomic E-state index is 12.4. The molecule has 1 N–H and O–H groups in total. The summed E-state index contributed by atoms with van der Waals surface area (Å²) in [5.41, 5.74) is 1.44. The van der Waals surface area contributed by atoms with Crippen LogP contribution in [0.1, 0.15) is 26.8 Å². The molecule has 0 unspecified atom stereocenters. The SMILES string of the molecule is COC(=O)c1ccc(OCC(=O)N[C@H](c2ccccc2)c2cccs2)cc1. The second kappa shape index (κ2) is 9.00. The lowest BCUT2D eigenvalue weighted by Crippen LogP contribution is -2.32. The van der Waals surface area contributed by atoms with E-state index in [4.69, 9.17) is 4.74 Å². The van der Waals surface area contributed by atoms with Gasteiger partial charge in [-0.05, 0) is 41.3 Å². The minimum Gasteiger partial charge on any atom is -0.484 e. The number of hydrogen-bond acceptors (Lipinski definition) is 5. The molecule has 3 rings (SSSR count). The van der Waals surface area contributed by atoms with Crippen molar-refractivity contribution < 1.29 is 19.1 Å². The average Bonchev–Trinajstić information content (AvgIpc) is 3.25. The quantitative estimate of drug-likeness (QED) is 0.632. The monoisotopic (exact) mass is 381 g/mol. The third-order valence-electron chi connectivity index (χ3n) is 3.91. The van der Waals surface area contributed by atoms with Gasteiger partial charge in [-0.1, -0.05) is 36.4 Å². The summed E-state index contributed by atoms with van der Waals surface area (Å²) >= 11 is 1.59. The lowest BCUT2D eigenvalue weighted by Gasteiger charge is -2.18. The molecule has 0 aliphatic heterocycles. The van der Waals surface area contributed by atoms with Crippen LogP contribution in [0.25, 0.3) is 0 Å². The van der Waals surface area contributed by atoms with Gasteiger partial charge in [0.15, 0.2) is 6.61 Å². The fourth-order valence-corrected chi connectivity index (χ4v) is 3.38. The standard InChI is InChI=1S/C21H19NO4S/c1-25-21(24)16-9-11-17(12-10-16)26-14-19(23)22-20(18-8-5-13-27-18)15-6-3-2-4-7-15/h2-13,20H,14H2,1H3,(H,22,23)/t20-/m1/s1. The lowest BCUT2D eigenvalue weighted by molar-refractivity contribution is -0.123. The number of benzene rings is 2. The Morgan fingerprint density at radius 2 is 1.74 bits per heavy atom. The molecule has 0 fully saturated rings. The number of hydrogen-bond donors (Lipinski definition) is 1. The van der Waals surface area contributed by atoms with Crippen molar-refractivity contribution in [3.63, 3.8) is 0 Å². The van der Waals surface area contributed by atoms with E-state index < -0.39 is 5.97 Å². The lowest BCUT2D eigenvalue weighted by atomic mass is 10.1. The molecule has 1 atom stereocenters. The van der Waals surface area contributed by atoms with Crippen LogP contribution in [0.2, 0.25) is 0 Å². The zero-order chi connectivity index (χ0) is 19.1. The summed E-state index contributed by atoms with van der Waals surface area (Å²) in [4.78, 5) is 24.9. The van der Waals surface area contributed by atoms with Gasteiger partial charge in [0.25, 0.3) is 5.91 Å². The molecule has 0 radical (unpaired) electrons. The smallest absolute Gasteiger partial charge is 0.337 e. The molecular formula is C21H19NO4S. The molecule has 1 amide bonds. The van der Waals surface area contributed by atoms with Crippen molar-refractivity contribution in [1.82, 2.24) is 5.32 Å². The largest absolute Gasteiger partial charge is 0.484 e. The number of thiophene rings is 1. The molecule has 0 aliphatic rings. The van der Waals surface area contributed by atoms with Crippen molar-refractivity contribution in [2.75, 3.05) is 13.7 Å². The molecule has 5 nitrogen and oxygen atoms in total. The van der Waals surface area contributed by atoms with Crippen LogP contribution in [0.5, 0.6) is 5.75 Å². The van der Waals surface area contributed by atoms with E-state index in [1.165, 1.54) is 7.11 Å². The van der Waals surface area contributed by atoms with Crippen molar-refractivity contribution in [1.29, 1.82) is 0 Å². The third kappa shape index (κ3) is 4.95. The van der Waals surface area contributed by atoms with Crippen molar-refractivity contribution >= 4 is 23.2 Å². The fraction of sp³-hybridized carbons (Fsp3) is 0.143. The Balaban J connectivity index is 1.62. The highest BCUT2D eigenvalue weighted by Crippen LogP contribution is 2.25. The number of carbonyl (C=O) groups excluding carboxylic acids is 2. The first-order valence-electron chi connectivity index (χ1n) is 8.36. The summed E-state index contributed by atoms with van der Waals surface area (Å²) < 4.78 is 10.2. The van der Waals surface area contributed by atoms with Crippen LogP contribution in [0.15, 0.2) is 72.1 Å². The number of carbonyl (C=O) groups is 2. The molecule has 1 aromatic heterocycles. The van der Waals surface area contributed by atoms with Gasteiger partial charge in [-0.3, -0.25) is 4.79 Å². The van der Waals surface area contributed by atoms with Gasteiger partial charge in [0.2, 0.25) is 0 Å².